The van der Waals surface area contributed by atoms with Gasteiger partial charge in [0.15, 0.2) is 4.73 Å². The van der Waals surface area contributed by atoms with Crippen LogP contribution in [0.3, 0.4) is 0 Å². The summed E-state index contributed by atoms with van der Waals surface area (Å²) in [5, 5.41) is 0. The van der Waals surface area contributed by atoms with E-state index in [4.69, 9.17) is 0 Å². The molecule has 0 amide bonds. The smallest absolute Gasteiger partial charge is 0.178 e. The van der Waals surface area contributed by atoms with E-state index >= 15 is 0 Å². The van der Waals surface area contributed by atoms with Crippen molar-refractivity contribution < 1.29 is 0 Å². The van der Waals surface area contributed by atoms with Gasteiger partial charge in [0.05, 0.1) is 23.3 Å². The Morgan fingerprint density at radius 2 is 2.00 bits per heavy atom. The fraction of sp³-hybridized carbons (Fsp3) is 0.250. The Balaban J connectivity index is 2.45. The molecule has 0 aromatic carbocycles. The average Bonchev–Trinajstić information content (AvgIpc) is 2.53. The van der Waals surface area contributed by atoms with Crippen molar-refractivity contribution in [3.8, 4) is 0 Å². The summed E-state index contributed by atoms with van der Waals surface area (Å²) < 4.78 is 3.57. The van der Waals surface area contributed by atoms with Gasteiger partial charge in [0.25, 0.3) is 0 Å². The van der Waals surface area contributed by atoms with Crippen LogP contribution in [0.25, 0.3) is 11.6 Å². The summed E-state index contributed by atoms with van der Waals surface area (Å²) in [4.78, 5) is 12.9. The lowest BCUT2D eigenvalue weighted by molar-refractivity contribution is 0.866. The van der Waals surface area contributed by atoms with Crippen LogP contribution >= 0.6 is 31.9 Å². The summed E-state index contributed by atoms with van der Waals surface area (Å²) in [5.41, 5.74) is 3.84. The van der Waals surface area contributed by atoms with Gasteiger partial charge in [-0.3, -0.25) is 9.97 Å². The number of hydrogen-bond donors (Lipinski definition) is 0. The molecule has 0 N–H and O–H groups in total. The van der Waals surface area contributed by atoms with Crippen LogP contribution in [0, 0.1) is 6.92 Å². The summed E-state index contributed by atoms with van der Waals surface area (Å²) in [6, 6.07) is 0. The molecule has 0 radical (unpaired) electrons. The van der Waals surface area contributed by atoms with Gasteiger partial charge in [-0.05, 0) is 57.4 Å². The van der Waals surface area contributed by atoms with Gasteiger partial charge in [0, 0.05) is 13.2 Å². The maximum atomic E-state index is 4.41. The van der Waals surface area contributed by atoms with Crippen LogP contribution in [0.4, 0.5) is 0 Å². The molecule has 6 heteroatoms. The molecule has 0 aliphatic rings. The van der Waals surface area contributed by atoms with E-state index in [0.717, 1.165) is 32.0 Å². The molecule has 0 bridgehead atoms. The van der Waals surface area contributed by atoms with Crippen molar-refractivity contribution in [1.82, 2.24) is 19.5 Å². The minimum Gasteiger partial charge on any atom is -0.321 e. The van der Waals surface area contributed by atoms with Gasteiger partial charge in [0.2, 0.25) is 0 Å². The Hall–Kier alpha value is -1.01. The first-order valence-corrected chi connectivity index (χ1v) is 6.92. The summed E-state index contributed by atoms with van der Waals surface area (Å²) in [6.45, 7) is 3.95. The quantitative estimate of drug-likeness (QED) is 0.809. The van der Waals surface area contributed by atoms with Crippen LogP contribution in [-0.2, 0) is 7.05 Å². The van der Waals surface area contributed by atoms with Gasteiger partial charge in [-0.15, -0.1) is 0 Å². The van der Waals surface area contributed by atoms with Crippen LogP contribution in [0.5, 0.6) is 0 Å². The first kappa shape index (κ1) is 13.4. The van der Waals surface area contributed by atoms with E-state index in [1.165, 1.54) is 0 Å². The predicted octanol–water partition coefficient (Wildman–Crippen LogP) is 3.60. The lowest BCUT2D eigenvalue weighted by Gasteiger charge is -2.04. The fourth-order valence-corrected chi connectivity index (χ4v) is 3.05. The number of aromatic nitrogens is 4. The third-order valence-corrected chi connectivity index (χ3v) is 3.77. The maximum Gasteiger partial charge on any atom is 0.178 e. The first-order chi connectivity index (χ1) is 8.49. The molecule has 2 heterocycles. The molecule has 2 rings (SSSR count). The van der Waals surface area contributed by atoms with Crippen molar-refractivity contribution in [3.05, 3.63) is 38.8 Å². The summed E-state index contributed by atoms with van der Waals surface area (Å²) in [7, 11) is 1.95. The monoisotopic (exact) mass is 370 g/mol. The van der Waals surface area contributed by atoms with E-state index in [9.17, 15) is 0 Å². The highest BCUT2D eigenvalue weighted by atomic mass is 79.9. The minimum absolute atomic E-state index is 0.785. The Morgan fingerprint density at radius 1 is 1.28 bits per heavy atom. The molecule has 0 fully saturated rings. The highest BCUT2D eigenvalue weighted by Crippen LogP contribution is 2.27. The second-order valence-corrected chi connectivity index (χ2v) is 5.45. The molecule has 0 aliphatic carbocycles. The molecular weight excluding hydrogens is 360 g/mol. The summed E-state index contributed by atoms with van der Waals surface area (Å²) in [5.74, 6) is 0. The Morgan fingerprint density at radius 3 is 2.56 bits per heavy atom. The number of imidazole rings is 1. The third-order valence-electron chi connectivity index (χ3n) is 2.51. The van der Waals surface area contributed by atoms with Gasteiger partial charge in [-0.2, -0.15) is 0 Å². The first-order valence-electron chi connectivity index (χ1n) is 5.34. The van der Waals surface area contributed by atoms with E-state index < -0.39 is 0 Å². The van der Waals surface area contributed by atoms with Crippen molar-refractivity contribution >= 4 is 43.5 Å². The topological polar surface area (TPSA) is 43.6 Å². The molecule has 4 nitrogen and oxygen atoms in total. The largest absolute Gasteiger partial charge is 0.321 e. The van der Waals surface area contributed by atoms with Crippen LogP contribution in [0.15, 0.2) is 21.7 Å². The molecule has 2 aromatic heterocycles. The lowest BCUT2D eigenvalue weighted by Crippen LogP contribution is -1.95. The Kier molecular flexibility index (Phi) is 3.97. The molecule has 0 saturated carbocycles. The fourth-order valence-electron chi connectivity index (χ4n) is 1.71. The number of hydrogen-bond acceptors (Lipinski definition) is 3. The van der Waals surface area contributed by atoms with E-state index in [2.05, 4.69) is 46.8 Å². The molecule has 18 heavy (non-hydrogen) atoms. The zero-order valence-corrected chi connectivity index (χ0v) is 13.4. The highest BCUT2D eigenvalue weighted by Gasteiger charge is 2.12. The van der Waals surface area contributed by atoms with E-state index in [-0.39, 0.29) is 0 Å². The van der Waals surface area contributed by atoms with Gasteiger partial charge in [0.1, 0.15) is 4.60 Å². The molecule has 0 atom stereocenters. The standard InChI is InChI=1S/C12H12Br2N4/c1-7(4-9-6-15-5-8(2)16-9)10-11(13)17-12(14)18(10)3/h4-6H,1-3H3/b7-4+. The van der Waals surface area contributed by atoms with Gasteiger partial charge < -0.3 is 4.57 Å². The number of halogens is 2. The molecule has 94 valence electrons. The molecule has 0 saturated heterocycles. The number of aryl methyl sites for hydroxylation is 1. The van der Waals surface area contributed by atoms with Crippen molar-refractivity contribution in [1.29, 1.82) is 0 Å². The van der Waals surface area contributed by atoms with Crippen LogP contribution in [-0.4, -0.2) is 19.5 Å². The predicted molar refractivity (Wildman–Crippen MR) is 78.9 cm³/mol. The van der Waals surface area contributed by atoms with Gasteiger partial charge in [-0.25, -0.2) is 4.98 Å². The van der Waals surface area contributed by atoms with E-state index in [0.29, 0.717) is 0 Å². The van der Waals surface area contributed by atoms with Crippen LogP contribution in [0.1, 0.15) is 24.0 Å². The third kappa shape index (κ3) is 2.70. The van der Waals surface area contributed by atoms with E-state index in [1.54, 1.807) is 12.4 Å². The zero-order valence-electron chi connectivity index (χ0n) is 10.3. The second kappa shape index (κ2) is 5.32. The number of rotatable bonds is 2. The summed E-state index contributed by atoms with van der Waals surface area (Å²) in [6.07, 6.45) is 5.48. The molecular formula is C12H12Br2N4. The normalized spacial score (nSPS) is 11.9. The molecule has 0 aliphatic heterocycles. The zero-order chi connectivity index (χ0) is 13.3. The van der Waals surface area contributed by atoms with Crippen LogP contribution < -0.4 is 0 Å². The SMILES string of the molecule is C/C(=C\c1cncc(C)n1)c1c(Br)nc(Br)n1C. The van der Waals surface area contributed by atoms with Crippen molar-refractivity contribution in [3.63, 3.8) is 0 Å². The molecule has 0 unspecified atom stereocenters. The maximum absolute atomic E-state index is 4.41. The summed E-state index contributed by atoms with van der Waals surface area (Å²) >= 11 is 6.86. The minimum atomic E-state index is 0.785. The number of allylic oxidation sites excluding steroid dienone is 1. The van der Waals surface area contributed by atoms with Crippen LogP contribution in [0.2, 0.25) is 0 Å². The Bertz CT molecular complexity index is 617. The Labute approximate surface area is 122 Å². The molecule has 2 aromatic rings. The number of nitrogens with zero attached hydrogens (tertiary/aromatic N) is 4. The van der Waals surface area contributed by atoms with Crippen molar-refractivity contribution in [2.45, 2.75) is 13.8 Å². The highest BCUT2D eigenvalue weighted by molar-refractivity contribution is 9.11. The lowest BCUT2D eigenvalue weighted by atomic mass is 10.2. The molecule has 0 spiro atoms. The van der Waals surface area contributed by atoms with E-state index in [1.807, 2.05) is 31.5 Å². The second-order valence-electron chi connectivity index (χ2n) is 3.99. The van der Waals surface area contributed by atoms with Gasteiger partial charge in [-0.1, -0.05) is 0 Å². The average molecular weight is 372 g/mol. The van der Waals surface area contributed by atoms with Crippen molar-refractivity contribution in [2.24, 2.45) is 7.05 Å². The van der Waals surface area contributed by atoms with Crippen molar-refractivity contribution in [2.75, 3.05) is 0 Å². The van der Waals surface area contributed by atoms with Gasteiger partial charge >= 0.3 is 0 Å².